The van der Waals surface area contributed by atoms with Crippen LogP contribution in [0.1, 0.15) is 18.1 Å². The maximum Gasteiger partial charge on any atom is 0.247 e. The van der Waals surface area contributed by atoms with Crippen molar-refractivity contribution < 1.29 is 0 Å². The number of hydrogen-bond acceptors (Lipinski definition) is 5. The van der Waals surface area contributed by atoms with Crippen LogP contribution in [0, 0.1) is 6.92 Å². The first-order chi connectivity index (χ1) is 12.2. The summed E-state index contributed by atoms with van der Waals surface area (Å²) in [5.74, 6) is 1.42. The lowest BCUT2D eigenvalue weighted by Gasteiger charge is -2.23. The molecule has 0 saturated heterocycles. The number of nitrogens with zero attached hydrogens (tertiary/aromatic N) is 5. The molecule has 0 aliphatic rings. The van der Waals surface area contributed by atoms with E-state index in [1.54, 1.807) is 6.20 Å². The van der Waals surface area contributed by atoms with Crippen molar-refractivity contribution in [3.63, 3.8) is 0 Å². The van der Waals surface area contributed by atoms with Gasteiger partial charge in [0.2, 0.25) is 5.95 Å². The normalized spacial score (nSPS) is 10.5. The van der Waals surface area contributed by atoms with Gasteiger partial charge in [-0.15, -0.1) is 5.10 Å². The van der Waals surface area contributed by atoms with Crippen molar-refractivity contribution in [3.05, 3.63) is 71.9 Å². The molecule has 25 heavy (non-hydrogen) atoms. The van der Waals surface area contributed by atoms with Crippen LogP contribution < -0.4 is 9.80 Å². The smallest absolute Gasteiger partial charge is 0.247 e. The first kappa shape index (κ1) is 16.9. The van der Waals surface area contributed by atoms with Crippen LogP contribution in [0.4, 0.5) is 17.5 Å². The summed E-state index contributed by atoms with van der Waals surface area (Å²) < 4.78 is 0. The molecule has 0 N–H and O–H groups in total. The molecule has 2 aromatic carbocycles. The average Bonchev–Trinajstić information content (AvgIpc) is 2.63. The Kier molecular flexibility index (Phi) is 5.23. The Hall–Kier alpha value is -2.95. The third-order valence-electron chi connectivity index (χ3n) is 4.05. The van der Waals surface area contributed by atoms with E-state index in [4.69, 9.17) is 4.98 Å². The topological polar surface area (TPSA) is 45.2 Å². The highest BCUT2D eigenvalue weighted by molar-refractivity contribution is 5.60. The van der Waals surface area contributed by atoms with Crippen molar-refractivity contribution in [2.45, 2.75) is 20.4 Å². The van der Waals surface area contributed by atoms with Crippen LogP contribution in [0.2, 0.25) is 0 Å². The fraction of sp³-hybridized carbons (Fsp3) is 0.250. The van der Waals surface area contributed by atoms with Crippen LogP contribution in [0.25, 0.3) is 0 Å². The van der Waals surface area contributed by atoms with E-state index in [0.29, 0.717) is 5.95 Å². The summed E-state index contributed by atoms with van der Waals surface area (Å²) in [6.45, 7) is 5.75. The quantitative estimate of drug-likeness (QED) is 0.683. The molecule has 0 aliphatic carbocycles. The van der Waals surface area contributed by atoms with Gasteiger partial charge in [0.15, 0.2) is 5.82 Å². The van der Waals surface area contributed by atoms with Crippen LogP contribution in [-0.2, 0) is 6.54 Å². The van der Waals surface area contributed by atoms with Crippen LogP contribution >= 0.6 is 0 Å². The highest BCUT2D eigenvalue weighted by atomic mass is 15.3. The van der Waals surface area contributed by atoms with Crippen molar-refractivity contribution in [3.8, 4) is 0 Å². The SMILES string of the molecule is CCN(c1cccc(C)c1)c1cnnc(N(C)Cc2ccccc2)n1. The Morgan fingerprint density at radius 2 is 1.80 bits per heavy atom. The minimum absolute atomic E-state index is 0.618. The molecule has 5 nitrogen and oxygen atoms in total. The molecule has 0 radical (unpaired) electrons. The van der Waals surface area contributed by atoms with Gasteiger partial charge in [0.1, 0.15) is 0 Å². The number of rotatable bonds is 6. The zero-order chi connectivity index (χ0) is 17.6. The molecule has 0 saturated carbocycles. The van der Waals surface area contributed by atoms with Gasteiger partial charge in [-0.3, -0.25) is 0 Å². The Labute approximate surface area is 149 Å². The van der Waals surface area contributed by atoms with E-state index in [2.05, 4.69) is 65.3 Å². The van der Waals surface area contributed by atoms with E-state index >= 15 is 0 Å². The minimum atomic E-state index is 0.618. The fourth-order valence-corrected chi connectivity index (χ4v) is 2.78. The van der Waals surface area contributed by atoms with E-state index in [9.17, 15) is 0 Å². The van der Waals surface area contributed by atoms with Gasteiger partial charge in [-0.25, -0.2) is 0 Å². The van der Waals surface area contributed by atoms with E-state index in [0.717, 1.165) is 24.6 Å². The predicted octanol–water partition coefficient (Wildman–Crippen LogP) is 3.97. The van der Waals surface area contributed by atoms with Crippen molar-refractivity contribution in [1.29, 1.82) is 0 Å². The molecule has 1 aromatic heterocycles. The zero-order valence-electron chi connectivity index (χ0n) is 14.9. The maximum absolute atomic E-state index is 4.72. The van der Waals surface area contributed by atoms with Gasteiger partial charge in [0.25, 0.3) is 0 Å². The number of hydrogen-bond donors (Lipinski definition) is 0. The molecule has 0 fully saturated rings. The van der Waals surface area contributed by atoms with Gasteiger partial charge >= 0.3 is 0 Å². The van der Waals surface area contributed by atoms with Gasteiger partial charge in [-0.1, -0.05) is 42.5 Å². The molecule has 5 heteroatoms. The van der Waals surface area contributed by atoms with Crippen LogP contribution in [0.3, 0.4) is 0 Å². The molecule has 3 aromatic rings. The molecule has 0 spiro atoms. The van der Waals surface area contributed by atoms with Crippen LogP contribution in [0.5, 0.6) is 0 Å². The Morgan fingerprint density at radius 3 is 2.52 bits per heavy atom. The Balaban J connectivity index is 1.84. The molecule has 0 amide bonds. The summed E-state index contributed by atoms with van der Waals surface area (Å²) in [5.41, 5.74) is 3.55. The first-order valence-corrected chi connectivity index (χ1v) is 8.46. The standard InChI is InChI=1S/C20H23N5/c1-4-25(18-12-8-9-16(2)13-18)19-14-21-23-20(22-19)24(3)15-17-10-6-5-7-11-17/h5-14H,4,15H2,1-3H3. The average molecular weight is 333 g/mol. The molecule has 0 bridgehead atoms. The summed E-state index contributed by atoms with van der Waals surface area (Å²) >= 11 is 0. The largest absolute Gasteiger partial charge is 0.338 e. The molecule has 0 aliphatic heterocycles. The van der Waals surface area contributed by atoms with E-state index < -0.39 is 0 Å². The number of aromatic nitrogens is 3. The summed E-state index contributed by atoms with van der Waals surface area (Å²) in [6.07, 6.45) is 1.71. The monoisotopic (exact) mass is 333 g/mol. The zero-order valence-corrected chi connectivity index (χ0v) is 14.9. The molecule has 0 unspecified atom stereocenters. The lowest BCUT2D eigenvalue weighted by molar-refractivity contribution is 0.819. The second-order valence-corrected chi connectivity index (χ2v) is 6.04. The Morgan fingerprint density at radius 1 is 1.00 bits per heavy atom. The molecule has 128 valence electrons. The summed E-state index contributed by atoms with van der Waals surface area (Å²) in [6, 6.07) is 18.7. The third kappa shape index (κ3) is 4.12. The highest BCUT2D eigenvalue weighted by Gasteiger charge is 2.13. The molecule has 3 rings (SSSR count). The van der Waals surface area contributed by atoms with Gasteiger partial charge in [-0.05, 0) is 37.1 Å². The third-order valence-corrected chi connectivity index (χ3v) is 4.05. The minimum Gasteiger partial charge on any atom is -0.338 e. The van der Waals surface area contributed by atoms with Crippen molar-refractivity contribution in [1.82, 2.24) is 15.2 Å². The maximum atomic E-state index is 4.72. The highest BCUT2D eigenvalue weighted by Crippen LogP contribution is 2.24. The van der Waals surface area contributed by atoms with E-state index in [1.807, 2.05) is 30.1 Å². The van der Waals surface area contributed by atoms with Gasteiger partial charge < -0.3 is 9.80 Å². The van der Waals surface area contributed by atoms with Crippen molar-refractivity contribution in [2.24, 2.45) is 0 Å². The second-order valence-electron chi connectivity index (χ2n) is 6.04. The van der Waals surface area contributed by atoms with Crippen LogP contribution in [0.15, 0.2) is 60.8 Å². The fourth-order valence-electron chi connectivity index (χ4n) is 2.78. The lowest BCUT2D eigenvalue weighted by Crippen LogP contribution is -2.23. The van der Waals surface area contributed by atoms with Crippen molar-refractivity contribution in [2.75, 3.05) is 23.4 Å². The molecule has 1 heterocycles. The predicted molar refractivity (Wildman–Crippen MR) is 102 cm³/mol. The number of anilines is 3. The first-order valence-electron chi connectivity index (χ1n) is 8.46. The van der Waals surface area contributed by atoms with Crippen LogP contribution in [-0.4, -0.2) is 28.8 Å². The Bertz CT molecular complexity index is 819. The molecular formula is C20H23N5. The summed E-state index contributed by atoms with van der Waals surface area (Å²) in [5, 5.41) is 8.37. The van der Waals surface area contributed by atoms with E-state index in [1.165, 1.54) is 11.1 Å². The summed E-state index contributed by atoms with van der Waals surface area (Å²) in [7, 11) is 1.98. The number of aryl methyl sites for hydroxylation is 1. The second kappa shape index (κ2) is 7.75. The van der Waals surface area contributed by atoms with Gasteiger partial charge in [0.05, 0.1) is 6.20 Å². The van der Waals surface area contributed by atoms with Gasteiger partial charge in [0, 0.05) is 25.8 Å². The molecular weight excluding hydrogens is 310 g/mol. The molecule has 0 atom stereocenters. The number of benzene rings is 2. The van der Waals surface area contributed by atoms with Gasteiger partial charge in [-0.2, -0.15) is 10.1 Å². The summed E-state index contributed by atoms with van der Waals surface area (Å²) in [4.78, 5) is 8.87. The van der Waals surface area contributed by atoms with E-state index in [-0.39, 0.29) is 0 Å². The van der Waals surface area contributed by atoms with Crippen molar-refractivity contribution >= 4 is 17.5 Å². The lowest BCUT2D eigenvalue weighted by atomic mass is 10.2.